The van der Waals surface area contributed by atoms with E-state index in [0.29, 0.717) is 11.6 Å². The molecule has 4 nitrogen and oxygen atoms in total. The molecular formula is C8H8N4. The summed E-state index contributed by atoms with van der Waals surface area (Å²) >= 11 is 0. The van der Waals surface area contributed by atoms with Crippen molar-refractivity contribution in [2.45, 2.75) is 0 Å². The number of nitrogens with zero attached hydrogens (tertiary/aromatic N) is 2. The fourth-order valence-corrected chi connectivity index (χ4v) is 1.07. The van der Waals surface area contributed by atoms with Crippen molar-refractivity contribution in [3.05, 3.63) is 24.5 Å². The predicted molar refractivity (Wildman–Crippen MR) is 48.4 cm³/mol. The molecule has 4 N–H and O–H groups in total. The summed E-state index contributed by atoms with van der Waals surface area (Å²) in [6.45, 7) is 0. The van der Waals surface area contributed by atoms with Crippen LogP contribution in [0.3, 0.4) is 0 Å². The van der Waals surface area contributed by atoms with Gasteiger partial charge in [0.2, 0.25) is 0 Å². The Morgan fingerprint density at radius 2 is 1.25 bits per heavy atom. The smallest absolute Gasteiger partial charge is 0.123 e. The summed E-state index contributed by atoms with van der Waals surface area (Å²) in [6.07, 6.45) is 3.37. The van der Waals surface area contributed by atoms with E-state index in [2.05, 4.69) is 9.97 Å². The van der Waals surface area contributed by atoms with Gasteiger partial charge in [-0.25, -0.2) is 9.97 Å². The molecular weight excluding hydrogens is 152 g/mol. The first kappa shape index (κ1) is 6.84. The Morgan fingerprint density at radius 1 is 0.833 bits per heavy atom. The number of fused-ring (bicyclic) bond motifs is 1. The van der Waals surface area contributed by atoms with Crippen molar-refractivity contribution in [3.63, 3.8) is 0 Å². The highest BCUT2D eigenvalue weighted by atomic mass is 14.8. The van der Waals surface area contributed by atoms with Crippen LogP contribution in [0.4, 0.5) is 11.6 Å². The summed E-state index contributed by atoms with van der Waals surface area (Å²) < 4.78 is 0. The highest BCUT2D eigenvalue weighted by Crippen LogP contribution is 2.15. The normalized spacial score (nSPS) is 10.3. The molecule has 4 heteroatoms. The summed E-state index contributed by atoms with van der Waals surface area (Å²) in [4.78, 5) is 7.89. The predicted octanol–water partition coefficient (Wildman–Crippen LogP) is 0.794. The molecule has 0 aromatic carbocycles. The molecule has 0 saturated carbocycles. The minimum Gasteiger partial charge on any atom is -0.384 e. The van der Waals surface area contributed by atoms with E-state index in [1.54, 1.807) is 24.5 Å². The highest BCUT2D eigenvalue weighted by Gasteiger charge is 1.95. The Morgan fingerprint density at radius 3 is 1.67 bits per heavy atom. The van der Waals surface area contributed by atoms with Crippen LogP contribution in [0.1, 0.15) is 0 Å². The van der Waals surface area contributed by atoms with Crippen LogP contribution in [-0.4, -0.2) is 9.97 Å². The zero-order valence-electron chi connectivity index (χ0n) is 6.36. The maximum Gasteiger partial charge on any atom is 0.123 e. The van der Waals surface area contributed by atoms with E-state index in [4.69, 9.17) is 11.5 Å². The van der Waals surface area contributed by atoms with Gasteiger partial charge in [0.15, 0.2) is 0 Å². The average Bonchev–Trinajstić information content (AvgIpc) is 2.05. The van der Waals surface area contributed by atoms with Crippen LogP contribution in [-0.2, 0) is 0 Å². The Bertz CT molecular complexity index is 383. The molecule has 0 aliphatic carbocycles. The van der Waals surface area contributed by atoms with Crippen molar-refractivity contribution in [3.8, 4) is 0 Å². The zero-order chi connectivity index (χ0) is 8.55. The van der Waals surface area contributed by atoms with E-state index in [-0.39, 0.29) is 0 Å². The van der Waals surface area contributed by atoms with Crippen molar-refractivity contribution < 1.29 is 0 Å². The maximum atomic E-state index is 5.49. The molecule has 2 heterocycles. The van der Waals surface area contributed by atoms with E-state index in [9.17, 15) is 0 Å². The number of anilines is 2. The highest BCUT2D eigenvalue weighted by molar-refractivity contribution is 5.84. The van der Waals surface area contributed by atoms with Crippen molar-refractivity contribution in [1.82, 2.24) is 9.97 Å². The fourth-order valence-electron chi connectivity index (χ4n) is 1.07. The lowest BCUT2D eigenvalue weighted by Gasteiger charge is -1.98. The van der Waals surface area contributed by atoms with Crippen LogP contribution in [0.5, 0.6) is 0 Å². The summed E-state index contributed by atoms with van der Waals surface area (Å²) in [5.41, 5.74) is 11.0. The second-order valence-electron chi connectivity index (χ2n) is 2.57. The molecule has 12 heavy (non-hydrogen) atoms. The lowest BCUT2D eigenvalue weighted by molar-refractivity contribution is 1.33. The van der Waals surface area contributed by atoms with E-state index in [1.165, 1.54) is 0 Å². The molecule has 2 aromatic heterocycles. The molecule has 2 rings (SSSR count). The van der Waals surface area contributed by atoms with Gasteiger partial charge in [0.05, 0.1) is 0 Å². The Kier molecular flexibility index (Phi) is 1.33. The van der Waals surface area contributed by atoms with Gasteiger partial charge in [0, 0.05) is 23.2 Å². The van der Waals surface area contributed by atoms with Crippen molar-refractivity contribution in [1.29, 1.82) is 0 Å². The summed E-state index contributed by atoms with van der Waals surface area (Å²) in [5, 5.41) is 1.91. The van der Waals surface area contributed by atoms with Crippen molar-refractivity contribution in [2.24, 2.45) is 0 Å². The standard InChI is InChI=1S/C8H8N4/c9-7-1-5-3-12-8(10)2-6(5)4-11-7/h1-4H,(H2,9,11)(H2,10,12). The average molecular weight is 160 g/mol. The third-order valence-corrected chi connectivity index (χ3v) is 1.65. The minimum atomic E-state index is 0.495. The molecule has 0 spiro atoms. The third-order valence-electron chi connectivity index (χ3n) is 1.65. The summed E-state index contributed by atoms with van der Waals surface area (Å²) in [7, 11) is 0. The monoisotopic (exact) mass is 160 g/mol. The summed E-state index contributed by atoms with van der Waals surface area (Å²) in [6, 6.07) is 3.53. The van der Waals surface area contributed by atoms with E-state index < -0.39 is 0 Å². The van der Waals surface area contributed by atoms with Gasteiger partial charge in [0.25, 0.3) is 0 Å². The molecule has 0 aliphatic heterocycles. The number of nitrogens with two attached hydrogens (primary N) is 2. The van der Waals surface area contributed by atoms with Crippen molar-refractivity contribution >= 4 is 22.4 Å². The Balaban J connectivity index is 2.79. The number of hydrogen-bond acceptors (Lipinski definition) is 4. The Hall–Kier alpha value is -1.84. The molecule has 0 bridgehead atoms. The molecule has 0 aliphatic rings. The third kappa shape index (κ3) is 1.03. The molecule has 0 radical (unpaired) electrons. The quantitative estimate of drug-likeness (QED) is 0.597. The number of pyridine rings is 2. The van der Waals surface area contributed by atoms with Gasteiger partial charge in [-0.3, -0.25) is 0 Å². The SMILES string of the molecule is Nc1cc2cnc(N)cc2cn1. The summed E-state index contributed by atoms with van der Waals surface area (Å²) in [5.74, 6) is 0.989. The minimum absolute atomic E-state index is 0.495. The Labute approximate surface area is 69.2 Å². The second kappa shape index (κ2) is 2.34. The van der Waals surface area contributed by atoms with Crippen molar-refractivity contribution in [2.75, 3.05) is 11.5 Å². The molecule has 2 aromatic rings. The molecule has 60 valence electrons. The molecule has 0 amide bonds. The maximum absolute atomic E-state index is 5.49. The van der Waals surface area contributed by atoms with Gasteiger partial charge >= 0.3 is 0 Å². The van der Waals surface area contributed by atoms with Crippen LogP contribution in [0, 0.1) is 0 Å². The van der Waals surface area contributed by atoms with E-state index >= 15 is 0 Å². The van der Waals surface area contributed by atoms with Crippen LogP contribution >= 0.6 is 0 Å². The van der Waals surface area contributed by atoms with Gasteiger partial charge in [0.1, 0.15) is 11.6 Å². The van der Waals surface area contributed by atoms with Crippen LogP contribution < -0.4 is 11.5 Å². The van der Waals surface area contributed by atoms with Gasteiger partial charge in [-0.2, -0.15) is 0 Å². The van der Waals surface area contributed by atoms with Crippen LogP contribution in [0.25, 0.3) is 10.8 Å². The molecule has 0 unspecified atom stereocenters. The number of rotatable bonds is 0. The lowest BCUT2D eigenvalue weighted by Crippen LogP contribution is -1.92. The number of hydrogen-bond donors (Lipinski definition) is 2. The first-order chi connectivity index (χ1) is 5.75. The van der Waals surface area contributed by atoms with Gasteiger partial charge < -0.3 is 11.5 Å². The topological polar surface area (TPSA) is 77.8 Å². The lowest BCUT2D eigenvalue weighted by atomic mass is 10.2. The molecule has 0 atom stereocenters. The fraction of sp³-hybridized carbons (Fsp3) is 0. The van der Waals surface area contributed by atoms with Gasteiger partial charge in [-0.1, -0.05) is 0 Å². The van der Waals surface area contributed by atoms with E-state index in [0.717, 1.165) is 10.8 Å². The first-order valence-electron chi connectivity index (χ1n) is 3.52. The largest absolute Gasteiger partial charge is 0.384 e. The molecule has 0 fully saturated rings. The second-order valence-corrected chi connectivity index (χ2v) is 2.57. The van der Waals surface area contributed by atoms with Gasteiger partial charge in [-0.05, 0) is 12.1 Å². The number of nitrogen functional groups attached to an aromatic ring is 2. The van der Waals surface area contributed by atoms with Crippen LogP contribution in [0.15, 0.2) is 24.5 Å². The van der Waals surface area contributed by atoms with Gasteiger partial charge in [-0.15, -0.1) is 0 Å². The number of aromatic nitrogens is 2. The van der Waals surface area contributed by atoms with Crippen LogP contribution in [0.2, 0.25) is 0 Å². The zero-order valence-corrected chi connectivity index (χ0v) is 6.36. The molecule has 0 saturated heterocycles. The van der Waals surface area contributed by atoms with E-state index in [1.807, 2.05) is 0 Å². The first-order valence-corrected chi connectivity index (χ1v) is 3.52.